The fraction of sp³-hybridized carbons (Fsp3) is 0.138. The standard InChI is InChI=1S/C58H52N2O4/c1-43(61)13-14-44-15-28-52(29-16-44)59(54-32-20-48(21-33-54)46-9-5-3-6-10-46)56-36-24-50(25-37-56)51-26-38-57(39-27-51)60(55-34-22-49(23-35-55)47-11-7-4-8-12-47)53-30-17-45(18-31-53)19-40-58(62)64-42-41-63-2/h3-12,15-18,20-39H,13-14,19,40-42H2,1-2H3. The Kier molecular flexibility index (Phi) is 14.2. The van der Waals surface area contributed by atoms with Crippen molar-refractivity contribution in [1.82, 2.24) is 0 Å². The Morgan fingerprint density at radius 1 is 0.375 bits per heavy atom. The maximum absolute atomic E-state index is 12.3. The molecule has 0 aliphatic rings. The third kappa shape index (κ3) is 10.9. The van der Waals surface area contributed by atoms with Gasteiger partial charge in [-0.2, -0.15) is 0 Å². The van der Waals surface area contributed by atoms with Gasteiger partial charge in [-0.1, -0.05) is 133 Å². The van der Waals surface area contributed by atoms with Gasteiger partial charge in [0.25, 0.3) is 0 Å². The Morgan fingerprint density at radius 2 is 0.672 bits per heavy atom. The van der Waals surface area contributed by atoms with Gasteiger partial charge in [-0.25, -0.2) is 0 Å². The molecule has 0 fully saturated rings. The largest absolute Gasteiger partial charge is 0.463 e. The second kappa shape index (κ2) is 21.0. The van der Waals surface area contributed by atoms with Crippen molar-refractivity contribution in [2.75, 3.05) is 30.1 Å². The molecule has 6 heteroatoms. The monoisotopic (exact) mass is 840 g/mol. The van der Waals surface area contributed by atoms with Crippen molar-refractivity contribution < 1.29 is 19.1 Å². The number of anilines is 6. The van der Waals surface area contributed by atoms with E-state index in [-0.39, 0.29) is 18.4 Å². The van der Waals surface area contributed by atoms with E-state index in [2.05, 4.69) is 204 Å². The number of esters is 1. The van der Waals surface area contributed by atoms with E-state index in [1.54, 1.807) is 14.0 Å². The van der Waals surface area contributed by atoms with E-state index in [0.29, 0.717) is 25.9 Å². The number of Topliss-reactive ketones (excluding diaryl/α,β-unsaturated/α-hetero) is 1. The summed E-state index contributed by atoms with van der Waals surface area (Å²) in [4.78, 5) is 28.5. The molecular formula is C58H52N2O4. The Balaban J connectivity index is 1.06. The molecule has 0 N–H and O–H groups in total. The molecule has 0 spiro atoms. The first-order valence-electron chi connectivity index (χ1n) is 21.9. The summed E-state index contributed by atoms with van der Waals surface area (Å²) in [5.74, 6) is -0.0296. The van der Waals surface area contributed by atoms with E-state index in [9.17, 15) is 9.59 Å². The van der Waals surface area contributed by atoms with Gasteiger partial charge in [0, 0.05) is 54.1 Å². The lowest BCUT2D eigenvalue weighted by Crippen LogP contribution is -2.11. The lowest BCUT2D eigenvalue weighted by Gasteiger charge is -2.27. The average Bonchev–Trinajstić information content (AvgIpc) is 3.35. The summed E-state index contributed by atoms with van der Waals surface area (Å²) in [5, 5.41) is 0. The highest BCUT2D eigenvalue weighted by Gasteiger charge is 2.16. The molecule has 0 bridgehead atoms. The van der Waals surface area contributed by atoms with Gasteiger partial charge in [0.05, 0.1) is 6.61 Å². The highest BCUT2D eigenvalue weighted by molar-refractivity contribution is 5.82. The molecule has 0 amide bonds. The van der Waals surface area contributed by atoms with Crippen molar-refractivity contribution in [1.29, 1.82) is 0 Å². The molecule has 0 aliphatic heterocycles. The quantitative estimate of drug-likeness (QED) is 0.0634. The van der Waals surface area contributed by atoms with Crippen LogP contribution in [0.3, 0.4) is 0 Å². The molecule has 0 saturated heterocycles. The molecule has 0 unspecified atom stereocenters. The molecule has 0 aliphatic carbocycles. The van der Waals surface area contributed by atoms with Crippen LogP contribution in [0.25, 0.3) is 33.4 Å². The number of carbonyl (C=O) groups excluding carboxylic acids is 2. The van der Waals surface area contributed by atoms with Gasteiger partial charge in [0.15, 0.2) is 0 Å². The minimum absolute atomic E-state index is 0.197. The summed E-state index contributed by atoms with van der Waals surface area (Å²) in [5.41, 5.74) is 15.3. The van der Waals surface area contributed by atoms with Gasteiger partial charge in [-0.05, 0) is 137 Å². The average molecular weight is 841 g/mol. The van der Waals surface area contributed by atoms with Crippen LogP contribution in [-0.4, -0.2) is 32.1 Å². The maximum atomic E-state index is 12.3. The lowest BCUT2D eigenvalue weighted by molar-refractivity contribution is -0.144. The Hall–Kier alpha value is -7.54. The number of ketones is 1. The predicted molar refractivity (Wildman–Crippen MR) is 262 cm³/mol. The third-order valence-electron chi connectivity index (χ3n) is 11.4. The zero-order valence-corrected chi connectivity index (χ0v) is 36.4. The van der Waals surface area contributed by atoms with Gasteiger partial charge in [0.1, 0.15) is 12.4 Å². The van der Waals surface area contributed by atoms with Crippen LogP contribution in [0.1, 0.15) is 30.9 Å². The smallest absolute Gasteiger partial charge is 0.306 e. The summed E-state index contributed by atoms with van der Waals surface area (Å²) in [6.45, 7) is 2.30. The summed E-state index contributed by atoms with van der Waals surface area (Å²) in [6, 6.07) is 72.6. The van der Waals surface area contributed by atoms with Crippen molar-refractivity contribution >= 4 is 45.9 Å². The van der Waals surface area contributed by atoms with E-state index in [4.69, 9.17) is 9.47 Å². The van der Waals surface area contributed by atoms with E-state index >= 15 is 0 Å². The first kappa shape index (κ1) is 43.1. The molecule has 0 saturated carbocycles. The molecule has 8 aromatic carbocycles. The lowest BCUT2D eigenvalue weighted by atomic mass is 10.0. The van der Waals surface area contributed by atoms with Gasteiger partial charge >= 0.3 is 5.97 Å². The molecule has 0 heterocycles. The molecule has 0 radical (unpaired) electrons. The summed E-state index contributed by atoms with van der Waals surface area (Å²) in [7, 11) is 1.59. The number of hydrogen-bond donors (Lipinski definition) is 0. The minimum Gasteiger partial charge on any atom is -0.463 e. The second-order valence-corrected chi connectivity index (χ2v) is 15.8. The van der Waals surface area contributed by atoms with Gasteiger partial charge in [-0.15, -0.1) is 0 Å². The van der Waals surface area contributed by atoms with E-state index in [1.165, 1.54) is 11.1 Å². The van der Waals surface area contributed by atoms with Gasteiger partial charge in [0.2, 0.25) is 0 Å². The van der Waals surface area contributed by atoms with E-state index < -0.39 is 0 Å². The molecule has 8 aromatic rings. The van der Waals surface area contributed by atoms with Crippen LogP contribution in [0.15, 0.2) is 206 Å². The molecule has 6 nitrogen and oxygen atoms in total. The van der Waals surface area contributed by atoms with Crippen LogP contribution in [0.4, 0.5) is 34.1 Å². The van der Waals surface area contributed by atoms with Crippen LogP contribution in [0.5, 0.6) is 0 Å². The first-order chi connectivity index (χ1) is 31.4. The van der Waals surface area contributed by atoms with Crippen LogP contribution >= 0.6 is 0 Å². The van der Waals surface area contributed by atoms with Crippen LogP contribution < -0.4 is 9.80 Å². The number of hydrogen-bond acceptors (Lipinski definition) is 6. The number of carbonyl (C=O) groups is 2. The second-order valence-electron chi connectivity index (χ2n) is 15.8. The maximum Gasteiger partial charge on any atom is 0.306 e. The zero-order valence-electron chi connectivity index (χ0n) is 36.4. The van der Waals surface area contributed by atoms with Crippen molar-refractivity contribution in [3.63, 3.8) is 0 Å². The van der Waals surface area contributed by atoms with Crippen LogP contribution in [0, 0.1) is 0 Å². The highest BCUT2D eigenvalue weighted by Crippen LogP contribution is 2.39. The molecule has 0 aromatic heterocycles. The van der Waals surface area contributed by atoms with Gasteiger partial charge in [-0.3, -0.25) is 4.79 Å². The Bertz CT molecular complexity index is 2720. The number of rotatable bonds is 18. The van der Waals surface area contributed by atoms with Crippen molar-refractivity contribution in [2.45, 2.75) is 32.6 Å². The fourth-order valence-electron chi connectivity index (χ4n) is 7.87. The molecule has 64 heavy (non-hydrogen) atoms. The van der Waals surface area contributed by atoms with Crippen molar-refractivity contribution in [2.24, 2.45) is 0 Å². The number of benzene rings is 8. The molecular weight excluding hydrogens is 789 g/mol. The highest BCUT2D eigenvalue weighted by atomic mass is 16.6. The zero-order chi connectivity index (χ0) is 44.1. The number of nitrogens with zero attached hydrogens (tertiary/aromatic N) is 2. The number of aryl methyl sites for hydroxylation is 2. The van der Waals surface area contributed by atoms with Crippen molar-refractivity contribution in [3.8, 4) is 33.4 Å². The minimum atomic E-state index is -0.227. The molecule has 318 valence electrons. The Labute approximate surface area is 377 Å². The van der Waals surface area contributed by atoms with Crippen molar-refractivity contribution in [3.05, 3.63) is 217 Å². The summed E-state index contributed by atoms with van der Waals surface area (Å²) >= 11 is 0. The topological polar surface area (TPSA) is 59.1 Å². The fourth-order valence-corrected chi connectivity index (χ4v) is 7.87. The molecule has 8 rings (SSSR count). The first-order valence-corrected chi connectivity index (χ1v) is 21.9. The number of ether oxygens (including phenoxy) is 2. The summed E-state index contributed by atoms with van der Waals surface area (Å²) in [6.07, 6.45) is 2.18. The summed E-state index contributed by atoms with van der Waals surface area (Å²) < 4.78 is 10.3. The normalized spacial score (nSPS) is 10.9. The van der Waals surface area contributed by atoms with E-state index in [0.717, 1.165) is 73.9 Å². The SMILES string of the molecule is COCCOC(=O)CCc1ccc(N(c2ccc(-c3ccccc3)cc2)c2ccc(-c3ccc(N(c4ccc(CCC(C)=O)cc4)c4ccc(-c5ccccc5)cc4)cc3)cc2)cc1. The van der Waals surface area contributed by atoms with Gasteiger partial charge < -0.3 is 24.1 Å². The van der Waals surface area contributed by atoms with Crippen LogP contribution in [0.2, 0.25) is 0 Å². The molecule has 0 atom stereocenters. The predicted octanol–water partition coefficient (Wildman–Crippen LogP) is 14.3. The Morgan fingerprint density at radius 3 is 0.984 bits per heavy atom. The van der Waals surface area contributed by atoms with Crippen LogP contribution in [-0.2, 0) is 31.9 Å². The number of methoxy groups -OCH3 is 1. The van der Waals surface area contributed by atoms with E-state index in [1.807, 2.05) is 12.1 Å². The third-order valence-corrected chi connectivity index (χ3v) is 11.4.